The molecule has 0 fully saturated rings. The van der Waals surface area contributed by atoms with E-state index in [2.05, 4.69) is 0 Å². The van der Waals surface area contributed by atoms with Crippen molar-refractivity contribution in [1.29, 1.82) is 0 Å². The second-order valence-corrected chi connectivity index (χ2v) is 0.880. The molecule has 0 aliphatic carbocycles. The number of aliphatic carboxylic acids is 1. The van der Waals surface area contributed by atoms with Crippen LogP contribution in [0.25, 0.3) is 0 Å². The second kappa shape index (κ2) is 4.20. The van der Waals surface area contributed by atoms with Crippen LogP contribution in [0.15, 0.2) is 11.9 Å². The largest absolute Gasteiger partial charge is 0.476 e. The predicted molar refractivity (Wildman–Crippen MR) is 25.2 cm³/mol. The zero-order chi connectivity index (χ0) is 6.73. The molecule has 0 aromatic heterocycles. The molecular formula is C3H2ClF3O2. The third-order valence-electron chi connectivity index (χ3n) is 0.354. The number of hydrogen-bond donors (Lipinski definition) is 1. The van der Waals surface area contributed by atoms with Crippen molar-refractivity contribution in [2.24, 2.45) is 0 Å². The molecule has 0 aromatic rings. The molecule has 0 unspecified atom stereocenters. The highest BCUT2D eigenvalue weighted by atomic mass is 35.5. The van der Waals surface area contributed by atoms with Crippen LogP contribution in [0.5, 0.6) is 0 Å². The third-order valence-corrected chi connectivity index (χ3v) is 0.354. The molecule has 0 amide bonds. The Kier molecular flexibility index (Phi) is 5.19. The number of carboxylic acids is 1. The Balaban J connectivity index is 0. The van der Waals surface area contributed by atoms with Crippen LogP contribution in [0.3, 0.4) is 0 Å². The van der Waals surface area contributed by atoms with E-state index in [1.165, 1.54) is 0 Å². The van der Waals surface area contributed by atoms with Gasteiger partial charge in [0.2, 0.25) is 0 Å². The molecule has 9 heavy (non-hydrogen) atoms. The first-order valence-corrected chi connectivity index (χ1v) is 1.49. The van der Waals surface area contributed by atoms with Crippen LogP contribution in [0.2, 0.25) is 0 Å². The lowest BCUT2D eigenvalue weighted by Gasteiger charge is -1.81. The topological polar surface area (TPSA) is 37.3 Å². The van der Waals surface area contributed by atoms with Gasteiger partial charge in [0, 0.05) is 0 Å². The minimum atomic E-state index is -2.81. The lowest BCUT2D eigenvalue weighted by atomic mass is 10.6. The van der Waals surface area contributed by atoms with E-state index in [1.807, 2.05) is 0 Å². The SMILES string of the molecule is Cl.O=C(O)C(F)=C(F)F. The van der Waals surface area contributed by atoms with E-state index in [0.29, 0.717) is 0 Å². The van der Waals surface area contributed by atoms with Crippen molar-refractivity contribution in [3.63, 3.8) is 0 Å². The summed E-state index contributed by atoms with van der Waals surface area (Å²) in [7, 11) is 0. The third kappa shape index (κ3) is 3.84. The number of carboxylic acid groups (broad SMARTS) is 1. The van der Waals surface area contributed by atoms with E-state index in [1.54, 1.807) is 0 Å². The molecule has 0 bridgehead atoms. The fourth-order valence-electron chi connectivity index (χ4n) is 0.0808. The zero-order valence-electron chi connectivity index (χ0n) is 3.90. The molecule has 2 nitrogen and oxygen atoms in total. The van der Waals surface area contributed by atoms with Crippen LogP contribution < -0.4 is 0 Å². The van der Waals surface area contributed by atoms with Gasteiger partial charge in [-0.05, 0) is 0 Å². The normalized spacial score (nSPS) is 7.44. The van der Waals surface area contributed by atoms with E-state index < -0.39 is 17.9 Å². The number of halogens is 4. The van der Waals surface area contributed by atoms with E-state index in [9.17, 15) is 18.0 Å². The van der Waals surface area contributed by atoms with Crippen LogP contribution in [0.4, 0.5) is 13.2 Å². The molecule has 0 heterocycles. The van der Waals surface area contributed by atoms with Gasteiger partial charge in [0.05, 0.1) is 0 Å². The number of rotatable bonds is 1. The summed E-state index contributed by atoms with van der Waals surface area (Å²) in [5.41, 5.74) is 0. The van der Waals surface area contributed by atoms with E-state index in [0.717, 1.165) is 0 Å². The Morgan fingerprint density at radius 2 is 1.56 bits per heavy atom. The predicted octanol–water partition coefficient (Wildman–Crippen LogP) is 1.57. The minimum Gasteiger partial charge on any atom is -0.476 e. The standard InChI is InChI=1S/C3HF3O2.ClH/c4-1(2(5)6)3(7)8;/h(H,7,8);1H. The van der Waals surface area contributed by atoms with Crippen molar-refractivity contribution in [3.8, 4) is 0 Å². The summed E-state index contributed by atoms with van der Waals surface area (Å²) in [5.74, 6) is -4.64. The van der Waals surface area contributed by atoms with Gasteiger partial charge in [0.25, 0.3) is 5.83 Å². The number of hydrogen-bond acceptors (Lipinski definition) is 1. The van der Waals surface area contributed by atoms with E-state index >= 15 is 0 Å². The first-order valence-electron chi connectivity index (χ1n) is 1.49. The molecular weight excluding hydrogens is 160 g/mol. The summed E-state index contributed by atoms with van der Waals surface area (Å²) in [5, 5.41) is 7.44. The first kappa shape index (κ1) is 11.1. The van der Waals surface area contributed by atoms with Crippen molar-refractivity contribution in [3.05, 3.63) is 11.9 Å². The Morgan fingerprint density at radius 3 is 1.56 bits per heavy atom. The smallest absolute Gasteiger partial charge is 0.370 e. The van der Waals surface area contributed by atoms with Gasteiger partial charge in [0.15, 0.2) is 0 Å². The van der Waals surface area contributed by atoms with Gasteiger partial charge in [-0.3, -0.25) is 0 Å². The summed E-state index contributed by atoms with van der Waals surface area (Å²) in [4.78, 5) is 9.23. The van der Waals surface area contributed by atoms with Crippen LogP contribution >= 0.6 is 12.4 Å². The molecule has 54 valence electrons. The van der Waals surface area contributed by atoms with Crippen LogP contribution in [0, 0.1) is 0 Å². The van der Waals surface area contributed by atoms with Crippen LogP contribution in [-0.2, 0) is 4.79 Å². The monoisotopic (exact) mass is 162 g/mol. The summed E-state index contributed by atoms with van der Waals surface area (Å²) in [6.07, 6.45) is -2.81. The fraction of sp³-hybridized carbons (Fsp3) is 0. The Hall–Kier alpha value is -0.710. The molecule has 0 saturated heterocycles. The fourth-order valence-corrected chi connectivity index (χ4v) is 0.0808. The van der Waals surface area contributed by atoms with Gasteiger partial charge in [-0.1, -0.05) is 0 Å². The maximum absolute atomic E-state index is 11.2. The lowest BCUT2D eigenvalue weighted by molar-refractivity contribution is -0.134. The first-order chi connectivity index (χ1) is 3.55. The lowest BCUT2D eigenvalue weighted by Crippen LogP contribution is -1.94. The maximum atomic E-state index is 11.2. The van der Waals surface area contributed by atoms with Gasteiger partial charge in [-0.25, -0.2) is 4.79 Å². The summed E-state index contributed by atoms with van der Waals surface area (Å²) in [6.45, 7) is 0. The van der Waals surface area contributed by atoms with Crippen molar-refractivity contribution in [2.45, 2.75) is 0 Å². The summed E-state index contributed by atoms with van der Waals surface area (Å²) >= 11 is 0. The highest BCUT2D eigenvalue weighted by Crippen LogP contribution is 2.07. The molecule has 0 radical (unpaired) electrons. The van der Waals surface area contributed by atoms with E-state index in [4.69, 9.17) is 5.11 Å². The average molecular weight is 162 g/mol. The Morgan fingerprint density at radius 1 is 1.22 bits per heavy atom. The molecule has 0 atom stereocenters. The quantitative estimate of drug-likeness (QED) is 0.595. The maximum Gasteiger partial charge on any atom is 0.370 e. The zero-order valence-corrected chi connectivity index (χ0v) is 4.71. The van der Waals surface area contributed by atoms with Crippen molar-refractivity contribution >= 4 is 18.4 Å². The van der Waals surface area contributed by atoms with Gasteiger partial charge < -0.3 is 5.11 Å². The van der Waals surface area contributed by atoms with Gasteiger partial charge in [-0.15, -0.1) is 12.4 Å². The van der Waals surface area contributed by atoms with Crippen molar-refractivity contribution in [1.82, 2.24) is 0 Å². The molecule has 0 spiro atoms. The second-order valence-electron chi connectivity index (χ2n) is 0.880. The Labute approximate surface area is 54.4 Å². The summed E-state index contributed by atoms with van der Waals surface area (Å²) < 4.78 is 32.8. The highest BCUT2D eigenvalue weighted by Gasteiger charge is 2.12. The Bertz CT molecular complexity index is 140. The molecule has 1 N–H and O–H groups in total. The van der Waals surface area contributed by atoms with Crippen LogP contribution in [-0.4, -0.2) is 11.1 Å². The highest BCUT2D eigenvalue weighted by molar-refractivity contribution is 5.85. The average Bonchev–Trinajstić information content (AvgIpc) is 1.64. The molecule has 6 heteroatoms. The molecule has 0 aromatic carbocycles. The summed E-state index contributed by atoms with van der Waals surface area (Å²) in [6, 6.07) is 0. The van der Waals surface area contributed by atoms with Gasteiger partial charge in [-0.2, -0.15) is 13.2 Å². The number of carbonyl (C=O) groups is 1. The molecule has 0 aliphatic heterocycles. The molecule has 0 rings (SSSR count). The van der Waals surface area contributed by atoms with Gasteiger partial charge in [0.1, 0.15) is 0 Å². The van der Waals surface area contributed by atoms with Crippen molar-refractivity contribution in [2.75, 3.05) is 0 Å². The minimum absolute atomic E-state index is 0. The van der Waals surface area contributed by atoms with Crippen molar-refractivity contribution < 1.29 is 23.1 Å². The van der Waals surface area contributed by atoms with Crippen LogP contribution in [0.1, 0.15) is 0 Å². The van der Waals surface area contributed by atoms with Gasteiger partial charge >= 0.3 is 12.0 Å². The molecule has 0 saturated carbocycles. The van der Waals surface area contributed by atoms with E-state index in [-0.39, 0.29) is 12.4 Å². The molecule has 0 aliphatic rings.